The molecule has 0 heteroatoms. The van der Waals surface area contributed by atoms with Gasteiger partial charge in [0, 0.05) is 0 Å². The molecule has 0 spiro atoms. The quantitative estimate of drug-likeness (QED) is 0.578. The predicted octanol–water partition coefficient (Wildman–Crippen LogP) is 6.12. The highest BCUT2D eigenvalue weighted by molar-refractivity contribution is 5.24. The van der Waals surface area contributed by atoms with Crippen LogP contribution in [0.15, 0.2) is 60.7 Å². The molecule has 23 heavy (non-hydrogen) atoms. The molecule has 2 aromatic carbocycles. The Kier molecular flexibility index (Phi) is 5.54. The van der Waals surface area contributed by atoms with E-state index >= 15 is 0 Å². The fourth-order valence-corrected chi connectivity index (χ4v) is 3.85. The molecule has 0 aromatic heterocycles. The van der Waals surface area contributed by atoms with E-state index in [4.69, 9.17) is 0 Å². The molecule has 1 saturated carbocycles. The molecule has 1 unspecified atom stereocenters. The van der Waals surface area contributed by atoms with Gasteiger partial charge in [0.25, 0.3) is 0 Å². The van der Waals surface area contributed by atoms with Gasteiger partial charge in [-0.1, -0.05) is 80.9 Å². The summed E-state index contributed by atoms with van der Waals surface area (Å²) in [5, 5.41) is 0. The number of rotatable bonds is 7. The van der Waals surface area contributed by atoms with Crippen LogP contribution in [0.3, 0.4) is 0 Å². The third-order valence-corrected chi connectivity index (χ3v) is 5.46. The van der Waals surface area contributed by atoms with E-state index in [0.717, 1.165) is 5.92 Å². The molecule has 1 radical (unpaired) electrons. The van der Waals surface area contributed by atoms with Crippen molar-refractivity contribution in [3.8, 4) is 0 Å². The first-order valence-corrected chi connectivity index (χ1v) is 9.17. The van der Waals surface area contributed by atoms with Crippen molar-refractivity contribution in [2.24, 2.45) is 17.8 Å². The molecule has 0 aliphatic heterocycles. The summed E-state index contributed by atoms with van der Waals surface area (Å²) in [6.07, 6.45) is 6.58. The van der Waals surface area contributed by atoms with E-state index < -0.39 is 0 Å². The largest absolute Gasteiger partial charge is 0.0625 e. The molecule has 1 aliphatic carbocycles. The second kappa shape index (κ2) is 7.81. The first-order valence-electron chi connectivity index (χ1n) is 9.17. The molecule has 0 saturated heterocycles. The van der Waals surface area contributed by atoms with E-state index in [1.165, 1.54) is 43.2 Å². The van der Waals surface area contributed by atoms with Crippen LogP contribution in [0.5, 0.6) is 0 Å². The molecule has 0 nitrogen and oxygen atoms in total. The number of benzene rings is 2. The van der Waals surface area contributed by atoms with Crippen molar-refractivity contribution >= 4 is 0 Å². The van der Waals surface area contributed by atoms with Crippen molar-refractivity contribution in [1.82, 2.24) is 0 Å². The van der Waals surface area contributed by atoms with Gasteiger partial charge in [0.05, 0.1) is 0 Å². The standard InChI is InChI=1S/C23H29/c1-18(2)22(16-19-10-5-3-6-11-19)23(21-14-9-15-21)17-20-12-7-4-8-13-20/h3-8,10-13,18,21-22H,9,14-17H2,1-2H3. The summed E-state index contributed by atoms with van der Waals surface area (Å²) >= 11 is 0. The monoisotopic (exact) mass is 305 g/mol. The van der Waals surface area contributed by atoms with E-state index in [-0.39, 0.29) is 0 Å². The molecular weight excluding hydrogens is 276 g/mol. The van der Waals surface area contributed by atoms with Crippen molar-refractivity contribution in [2.45, 2.75) is 46.0 Å². The zero-order valence-corrected chi connectivity index (χ0v) is 14.5. The minimum Gasteiger partial charge on any atom is -0.0625 e. The Hall–Kier alpha value is -1.56. The van der Waals surface area contributed by atoms with Gasteiger partial charge in [-0.3, -0.25) is 0 Å². The summed E-state index contributed by atoms with van der Waals surface area (Å²) in [6, 6.07) is 22.1. The highest BCUT2D eigenvalue weighted by atomic mass is 14.4. The summed E-state index contributed by atoms with van der Waals surface area (Å²) in [7, 11) is 0. The van der Waals surface area contributed by atoms with E-state index in [2.05, 4.69) is 74.5 Å². The van der Waals surface area contributed by atoms with Crippen molar-refractivity contribution < 1.29 is 0 Å². The van der Waals surface area contributed by atoms with Gasteiger partial charge in [0.2, 0.25) is 0 Å². The van der Waals surface area contributed by atoms with Gasteiger partial charge in [-0.05, 0) is 60.5 Å². The fraction of sp³-hybridized carbons (Fsp3) is 0.435. The van der Waals surface area contributed by atoms with Crippen molar-refractivity contribution in [2.75, 3.05) is 0 Å². The lowest BCUT2D eigenvalue weighted by molar-refractivity contribution is 0.243. The maximum absolute atomic E-state index is 2.40. The molecular formula is C23H29. The number of hydrogen-bond donors (Lipinski definition) is 0. The van der Waals surface area contributed by atoms with Gasteiger partial charge in [0.1, 0.15) is 0 Å². The molecule has 1 atom stereocenters. The van der Waals surface area contributed by atoms with E-state index in [1.807, 2.05) is 0 Å². The average Bonchev–Trinajstić information content (AvgIpc) is 2.52. The second-order valence-electron chi connectivity index (χ2n) is 7.41. The Bertz CT molecular complexity index is 566. The molecule has 2 aromatic rings. The van der Waals surface area contributed by atoms with Gasteiger partial charge in [0.15, 0.2) is 0 Å². The molecule has 0 heterocycles. The van der Waals surface area contributed by atoms with Crippen LogP contribution >= 0.6 is 0 Å². The summed E-state index contributed by atoms with van der Waals surface area (Å²) in [5.41, 5.74) is 2.96. The summed E-state index contributed by atoms with van der Waals surface area (Å²) in [6.45, 7) is 4.80. The summed E-state index contributed by atoms with van der Waals surface area (Å²) < 4.78 is 0. The van der Waals surface area contributed by atoms with E-state index in [9.17, 15) is 0 Å². The van der Waals surface area contributed by atoms with Crippen molar-refractivity contribution in [3.63, 3.8) is 0 Å². The number of hydrogen-bond acceptors (Lipinski definition) is 0. The van der Waals surface area contributed by atoms with Gasteiger partial charge in [-0.25, -0.2) is 0 Å². The van der Waals surface area contributed by atoms with Gasteiger partial charge in [-0.2, -0.15) is 0 Å². The molecule has 0 N–H and O–H groups in total. The third kappa shape index (κ3) is 4.25. The zero-order chi connectivity index (χ0) is 16.1. The highest BCUT2D eigenvalue weighted by Crippen LogP contribution is 2.44. The molecule has 0 amide bonds. The van der Waals surface area contributed by atoms with Crippen LogP contribution < -0.4 is 0 Å². The molecule has 1 fully saturated rings. The van der Waals surface area contributed by atoms with Crippen LogP contribution in [0.4, 0.5) is 0 Å². The Balaban J connectivity index is 1.79. The molecule has 0 bridgehead atoms. The first-order chi connectivity index (χ1) is 11.2. The van der Waals surface area contributed by atoms with Crippen molar-refractivity contribution in [3.05, 3.63) is 77.7 Å². The second-order valence-corrected chi connectivity index (χ2v) is 7.41. The predicted molar refractivity (Wildman–Crippen MR) is 99.2 cm³/mol. The van der Waals surface area contributed by atoms with Crippen LogP contribution in [-0.4, -0.2) is 0 Å². The average molecular weight is 305 g/mol. The minimum absolute atomic E-state index is 0.697. The molecule has 3 rings (SSSR count). The normalized spacial score (nSPS) is 16.5. The van der Waals surface area contributed by atoms with Gasteiger partial charge in [-0.15, -0.1) is 0 Å². The Labute approximate surface area is 141 Å². The summed E-state index contributed by atoms with van der Waals surface area (Å²) in [4.78, 5) is 0. The fourth-order valence-electron chi connectivity index (χ4n) is 3.85. The van der Waals surface area contributed by atoms with Crippen LogP contribution in [0, 0.1) is 23.7 Å². The Morgan fingerprint density at radius 3 is 1.91 bits per heavy atom. The topological polar surface area (TPSA) is 0 Å². The molecule has 1 aliphatic rings. The SMILES string of the molecule is CC(C)C(Cc1ccccc1)[C](Cc1ccccc1)C1CCC1. The van der Waals surface area contributed by atoms with Crippen LogP contribution in [0.25, 0.3) is 0 Å². The maximum Gasteiger partial charge on any atom is -0.0130 e. The highest BCUT2D eigenvalue weighted by Gasteiger charge is 2.35. The minimum atomic E-state index is 0.697. The third-order valence-electron chi connectivity index (χ3n) is 5.46. The lowest BCUT2D eigenvalue weighted by atomic mass is 9.64. The van der Waals surface area contributed by atoms with Crippen molar-refractivity contribution in [1.29, 1.82) is 0 Å². The van der Waals surface area contributed by atoms with E-state index in [0.29, 0.717) is 11.8 Å². The van der Waals surface area contributed by atoms with Crippen LogP contribution in [-0.2, 0) is 12.8 Å². The zero-order valence-electron chi connectivity index (χ0n) is 14.5. The van der Waals surface area contributed by atoms with Gasteiger partial charge < -0.3 is 0 Å². The van der Waals surface area contributed by atoms with Crippen LogP contribution in [0.2, 0.25) is 0 Å². The lowest BCUT2D eigenvalue weighted by Crippen LogP contribution is -2.32. The summed E-state index contributed by atoms with van der Waals surface area (Å²) in [5.74, 6) is 4.06. The maximum atomic E-state index is 2.40. The van der Waals surface area contributed by atoms with Gasteiger partial charge >= 0.3 is 0 Å². The molecule has 121 valence electrons. The smallest absolute Gasteiger partial charge is 0.0130 e. The Morgan fingerprint density at radius 1 is 0.870 bits per heavy atom. The first kappa shape index (κ1) is 16.3. The van der Waals surface area contributed by atoms with Crippen LogP contribution in [0.1, 0.15) is 44.2 Å². The Morgan fingerprint density at radius 2 is 1.43 bits per heavy atom. The lowest BCUT2D eigenvalue weighted by Gasteiger charge is -2.40. The van der Waals surface area contributed by atoms with E-state index in [1.54, 1.807) is 5.92 Å².